The molecule has 80 valence electrons. The number of rotatable bonds is 3. The van der Waals surface area contributed by atoms with Crippen LogP contribution < -0.4 is 5.73 Å². The highest BCUT2D eigenvalue weighted by Crippen LogP contribution is 2.23. The molecule has 0 bridgehead atoms. The van der Waals surface area contributed by atoms with Crippen molar-refractivity contribution in [1.29, 1.82) is 5.26 Å². The SMILES string of the molecule is Cc1ccc(C(C)C)cc1C(N)CC#N. The summed E-state index contributed by atoms with van der Waals surface area (Å²) in [4.78, 5) is 0. The molecule has 2 heteroatoms. The number of hydrogen-bond donors (Lipinski definition) is 1. The minimum Gasteiger partial charge on any atom is -0.323 e. The first-order valence-corrected chi connectivity index (χ1v) is 5.29. The monoisotopic (exact) mass is 202 g/mol. The Hall–Kier alpha value is -1.33. The molecule has 0 fully saturated rings. The lowest BCUT2D eigenvalue weighted by molar-refractivity contribution is 0.736. The van der Waals surface area contributed by atoms with Gasteiger partial charge in [0.05, 0.1) is 12.5 Å². The molecule has 0 aromatic heterocycles. The van der Waals surface area contributed by atoms with Crippen LogP contribution in [0.1, 0.15) is 48.9 Å². The van der Waals surface area contributed by atoms with Crippen LogP contribution in [-0.2, 0) is 0 Å². The van der Waals surface area contributed by atoms with Gasteiger partial charge < -0.3 is 5.73 Å². The number of nitrogens with zero attached hydrogens (tertiary/aromatic N) is 1. The predicted octanol–water partition coefficient (Wildman–Crippen LogP) is 3.03. The molecule has 0 saturated heterocycles. The van der Waals surface area contributed by atoms with Crippen molar-refractivity contribution in [3.05, 3.63) is 34.9 Å². The molecule has 0 amide bonds. The molecule has 0 spiro atoms. The second-order valence-electron chi connectivity index (χ2n) is 4.24. The Labute approximate surface area is 91.7 Å². The van der Waals surface area contributed by atoms with E-state index in [4.69, 9.17) is 11.0 Å². The van der Waals surface area contributed by atoms with Crippen molar-refractivity contribution in [2.45, 2.75) is 39.2 Å². The molecule has 1 atom stereocenters. The summed E-state index contributed by atoms with van der Waals surface area (Å²) in [6.45, 7) is 6.35. The maximum atomic E-state index is 8.64. The van der Waals surface area contributed by atoms with Crippen LogP contribution in [0.25, 0.3) is 0 Å². The minimum atomic E-state index is -0.159. The zero-order chi connectivity index (χ0) is 11.4. The largest absolute Gasteiger partial charge is 0.323 e. The predicted molar refractivity (Wildman–Crippen MR) is 62.4 cm³/mol. The van der Waals surface area contributed by atoms with Gasteiger partial charge in [0.15, 0.2) is 0 Å². The lowest BCUT2D eigenvalue weighted by Crippen LogP contribution is -2.11. The van der Waals surface area contributed by atoms with Gasteiger partial charge in [0.25, 0.3) is 0 Å². The lowest BCUT2D eigenvalue weighted by Gasteiger charge is -2.15. The number of benzene rings is 1. The van der Waals surface area contributed by atoms with Crippen molar-refractivity contribution >= 4 is 0 Å². The topological polar surface area (TPSA) is 49.8 Å². The Kier molecular flexibility index (Phi) is 3.88. The second kappa shape index (κ2) is 4.95. The van der Waals surface area contributed by atoms with Gasteiger partial charge in [0.1, 0.15) is 0 Å². The maximum Gasteiger partial charge on any atom is 0.0641 e. The van der Waals surface area contributed by atoms with E-state index in [0.29, 0.717) is 12.3 Å². The average Bonchev–Trinajstić information content (AvgIpc) is 2.18. The first kappa shape index (κ1) is 11.7. The fourth-order valence-electron chi connectivity index (χ4n) is 1.63. The highest BCUT2D eigenvalue weighted by atomic mass is 14.6. The molecular weight excluding hydrogens is 184 g/mol. The van der Waals surface area contributed by atoms with E-state index in [9.17, 15) is 0 Å². The van der Waals surface area contributed by atoms with Crippen molar-refractivity contribution in [2.24, 2.45) is 5.73 Å². The highest BCUT2D eigenvalue weighted by molar-refractivity contribution is 5.35. The quantitative estimate of drug-likeness (QED) is 0.819. The van der Waals surface area contributed by atoms with Gasteiger partial charge in [0.2, 0.25) is 0 Å². The van der Waals surface area contributed by atoms with E-state index in [-0.39, 0.29) is 6.04 Å². The molecule has 0 radical (unpaired) electrons. The van der Waals surface area contributed by atoms with E-state index >= 15 is 0 Å². The average molecular weight is 202 g/mol. The van der Waals surface area contributed by atoms with Gasteiger partial charge in [-0.25, -0.2) is 0 Å². The van der Waals surface area contributed by atoms with Crippen LogP contribution in [0.3, 0.4) is 0 Å². The van der Waals surface area contributed by atoms with Gasteiger partial charge in [-0.15, -0.1) is 0 Å². The third-order valence-corrected chi connectivity index (χ3v) is 2.68. The summed E-state index contributed by atoms with van der Waals surface area (Å²) < 4.78 is 0. The zero-order valence-corrected chi connectivity index (χ0v) is 9.62. The molecule has 2 nitrogen and oxygen atoms in total. The summed E-state index contributed by atoms with van der Waals surface area (Å²) >= 11 is 0. The molecule has 0 aliphatic carbocycles. The zero-order valence-electron chi connectivity index (χ0n) is 9.62. The molecule has 0 heterocycles. The summed E-state index contributed by atoms with van der Waals surface area (Å²) in [5, 5.41) is 8.64. The van der Waals surface area contributed by atoms with Crippen LogP contribution in [0.2, 0.25) is 0 Å². The fourth-order valence-corrected chi connectivity index (χ4v) is 1.63. The Bertz CT molecular complexity index is 375. The van der Waals surface area contributed by atoms with E-state index in [1.165, 1.54) is 11.1 Å². The number of nitriles is 1. The summed E-state index contributed by atoms with van der Waals surface area (Å²) in [5.41, 5.74) is 9.50. The molecular formula is C13H18N2. The molecule has 2 N–H and O–H groups in total. The first-order valence-electron chi connectivity index (χ1n) is 5.29. The summed E-state index contributed by atoms with van der Waals surface area (Å²) in [7, 11) is 0. The van der Waals surface area contributed by atoms with E-state index in [0.717, 1.165) is 5.56 Å². The summed E-state index contributed by atoms with van der Waals surface area (Å²) in [5.74, 6) is 0.499. The molecule has 0 aliphatic rings. The third kappa shape index (κ3) is 2.81. The maximum absolute atomic E-state index is 8.64. The number of nitrogens with two attached hydrogens (primary N) is 1. The van der Waals surface area contributed by atoms with Crippen molar-refractivity contribution in [3.8, 4) is 6.07 Å². The van der Waals surface area contributed by atoms with Gasteiger partial charge >= 0.3 is 0 Å². The van der Waals surface area contributed by atoms with Crippen LogP contribution in [0.15, 0.2) is 18.2 Å². The number of hydrogen-bond acceptors (Lipinski definition) is 2. The first-order chi connectivity index (χ1) is 7.06. The smallest absolute Gasteiger partial charge is 0.0641 e. The second-order valence-corrected chi connectivity index (χ2v) is 4.24. The van der Waals surface area contributed by atoms with Crippen molar-refractivity contribution < 1.29 is 0 Å². The third-order valence-electron chi connectivity index (χ3n) is 2.68. The number of aryl methyl sites for hydroxylation is 1. The van der Waals surface area contributed by atoms with Crippen LogP contribution >= 0.6 is 0 Å². The Morgan fingerprint density at radius 3 is 2.60 bits per heavy atom. The Morgan fingerprint density at radius 2 is 2.07 bits per heavy atom. The van der Waals surface area contributed by atoms with Crippen LogP contribution in [-0.4, -0.2) is 0 Å². The molecule has 1 aromatic carbocycles. The van der Waals surface area contributed by atoms with Crippen molar-refractivity contribution in [3.63, 3.8) is 0 Å². The molecule has 15 heavy (non-hydrogen) atoms. The summed E-state index contributed by atoms with van der Waals surface area (Å²) in [6.07, 6.45) is 0.377. The van der Waals surface area contributed by atoms with Gasteiger partial charge in [0, 0.05) is 6.04 Å². The Balaban J connectivity index is 3.06. The van der Waals surface area contributed by atoms with E-state index in [2.05, 4.69) is 38.1 Å². The molecule has 1 aromatic rings. The lowest BCUT2D eigenvalue weighted by atomic mass is 9.93. The van der Waals surface area contributed by atoms with Gasteiger partial charge in [-0.1, -0.05) is 32.0 Å². The van der Waals surface area contributed by atoms with Crippen LogP contribution in [0, 0.1) is 18.3 Å². The van der Waals surface area contributed by atoms with Gasteiger partial charge in [-0.05, 0) is 29.5 Å². The fraction of sp³-hybridized carbons (Fsp3) is 0.462. The van der Waals surface area contributed by atoms with Crippen molar-refractivity contribution in [1.82, 2.24) is 0 Å². The highest BCUT2D eigenvalue weighted by Gasteiger charge is 2.10. The van der Waals surface area contributed by atoms with Gasteiger partial charge in [-0.3, -0.25) is 0 Å². The van der Waals surface area contributed by atoms with E-state index in [1.54, 1.807) is 0 Å². The van der Waals surface area contributed by atoms with Crippen LogP contribution in [0.5, 0.6) is 0 Å². The Morgan fingerprint density at radius 1 is 1.40 bits per heavy atom. The molecule has 1 unspecified atom stereocenters. The standard InChI is InChI=1S/C13H18N2/c1-9(2)11-5-4-10(3)12(8-11)13(15)6-7-14/h4-5,8-9,13H,6,15H2,1-3H3. The van der Waals surface area contributed by atoms with E-state index in [1.807, 2.05) is 6.92 Å². The minimum absolute atomic E-state index is 0.159. The van der Waals surface area contributed by atoms with Crippen molar-refractivity contribution in [2.75, 3.05) is 0 Å². The molecule has 0 saturated carbocycles. The van der Waals surface area contributed by atoms with Crippen LogP contribution in [0.4, 0.5) is 0 Å². The normalized spacial score (nSPS) is 12.5. The summed E-state index contributed by atoms with van der Waals surface area (Å²) in [6, 6.07) is 8.30. The van der Waals surface area contributed by atoms with Gasteiger partial charge in [-0.2, -0.15) is 5.26 Å². The van der Waals surface area contributed by atoms with E-state index < -0.39 is 0 Å². The molecule has 0 aliphatic heterocycles. The molecule has 1 rings (SSSR count).